The Kier molecular flexibility index (Phi) is 5.77. The largest absolute Gasteiger partial charge is 0.417 e. The Morgan fingerprint density at radius 3 is 2.30 bits per heavy atom. The van der Waals surface area contributed by atoms with Crippen molar-refractivity contribution < 1.29 is 21.6 Å². The van der Waals surface area contributed by atoms with E-state index in [1.54, 1.807) is 35.2 Å². The molecule has 0 bridgehead atoms. The Morgan fingerprint density at radius 1 is 0.939 bits per heavy atom. The molecular formula is C21H17F3N6O2S. The van der Waals surface area contributed by atoms with Gasteiger partial charge < -0.3 is 5.32 Å². The molecule has 8 nitrogen and oxygen atoms in total. The van der Waals surface area contributed by atoms with Crippen LogP contribution in [0.25, 0.3) is 5.82 Å². The molecule has 0 aliphatic heterocycles. The predicted octanol–water partition coefficient (Wildman–Crippen LogP) is 4.53. The lowest BCUT2D eigenvalue weighted by atomic mass is 10.2. The molecule has 0 atom stereocenters. The molecule has 0 spiro atoms. The van der Waals surface area contributed by atoms with Gasteiger partial charge in [0.25, 0.3) is 10.0 Å². The summed E-state index contributed by atoms with van der Waals surface area (Å²) in [5.74, 6) is 1.85. The van der Waals surface area contributed by atoms with Gasteiger partial charge in [-0.25, -0.2) is 23.4 Å². The number of anilines is 3. The third kappa shape index (κ3) is 4.95. The second kappa shape index (κ2) is 8.54. The number of benzene rings is 2. The minimum atomic E-state index is -4.80. The van der Waals surface area contributed by atoms with Crippen molar-refractivity contribution >= 4 is 27.2 Å². The van der Waals surface area contributed by atoms with Crippen LogP contribution in [0.2, 0.25) is 0 Å². The molecule has 12 heteroatoms. The van der Waals surface area contributed by atoms with Crippen LogP contribution in [-0.2, 0) is 16.2 Å². The maximum Gasteiger partial charge on any atom is 0.417 e. The maximum atomic E-state index is 13.2. The Labute approximate surface area is 187 Å². The van der Waals surface area contributed by atoms with Gasteiger partial charge in [-0.15, -0.1) is 0 Å². The Morgan fingerprint density at radius 2 is 1.64 bits per heavy atom. The summed E-state index contributed by atoms with van der Waals surface area (Å²) in [6, 6.07) is 11.7. The molecule has 0 saturated heterocycles. The Hall–Kier alpha value is -3.93. The summed E-state index contributed by atoms with van der Waals surface area (Å²) in [5, 5.41) is 3.07. The van der Waals surface area contributed by atoms with E-state index in [9.17, 15) is 21.6 Å². The molecule has 33 heavy (non-hydrogen) atoms. The van der Waals surface area contributed by atoms with E-state index in [-0.39, 0.29) is 5.69 Å². The second-order valence-corrected chi connectivity index (χ2v) is 8.56. The number of imidazole rings is 1. The van der Waals surface area contributed by atoms with Gasteiger partial charge in [-0.2, -0.15) is 13.2 Å². The number of aryl methyl sites for hydroxylation is 1. The number of rotatable bonds is 6. The molecule has 2 aromatic carbocycles. The number of nitrogens with zero attached hydrogens (tertiary/aromatic N) is 4. The van der Waals surface area contributed by atoms with Crippen LogP contribution in [0.1, 0.15) is 11.4 Å². The van der Waals surface area contributed by atoms with Crippen LogP contribution in [-0.4, -0.2) is 27.9 Å². The summed E-state index contributed by atoms with van der Waals surface area (Å²) in [5.41, 5.74) is -0.543. The summed E-state index contributed by atoms with van der Waals surface area (Å²) < 4.78 is 68.7. The average molecular weight is 474 g/mol. The highest BCUT2D eigenvalue weighted by Crippen LogP contribution is 2.34. The highest BCUT2D eigenvalue weighted by atomic mass is 32.2. The third-order valence-corrected chi connectivity index (χ3v) is 6.06. The number of hydrogen-bond acceptors (Lipinski definition) is 6. The van der Waals surface area contributed by atoms with E-state index in [1.165, 1.54) is 24.5 Å². The van der Waals surface area contributed by atoms with Crippen LogP contribution in [0.3, 0.4) is 0 Å². The monoisotopic (exact) mass is 474 g/mol. The van der Waals surface area contributed by atoms with Crippen molar-refractivity contribution in [2.75, 3.05) is 10.0 Å². The van der Waals surface area contributed by atoms with E-state index in [4.69, 9.17) is 0 Å². The lowest BCUT2D eigenvalue weighted by Gasteiger charge is -2.14. The number of nitrogens with one attached hydrogen (secondary N) is 2. The van der Waals surface area contributed by atoms with Crippen LogP contribution in [0.4, 0.5) is 30.4 Å². The van der Waals surface area contributed by atoms with Crippen LogP contribution >= 0.6 is 0 Å². The maximum absolute atomic E-state index is 13.2. The van der Waals surface area contributed by atoms with Crippen molar-refractivity contribution in [3.8, 4) is 5.82 Å². The van der Waals surface area contributed by atoms with E-state index < -0.39 is 26.7 Å². The van der Waals surface area contributed by atoms with E-state index in [1.807, 2.05) is 6.92 Å². The first kappa shape index (κ1) is 22.3. The topological polar surface area (TPSA) is 102 Å². The first-order chi connectivity index (χ1) is 15.6. The van der Waals surface area contributed by atoms with Gasteiger partial charge in [0.2, 0.25) is 0 Å². The summed E-state index contributed by atoms with van der Waals surface area (Å²) >= 11 is 0. The number of aromatic nitrogens is 4. The molecule has 0 aliphatic rings. The lowest BCUT2D eigenvalue weighted by molar-refractivity contribution is -0.139. The van der Waals surface area contributed by atoms with Crippen molar-refractivity contribution in [2.24, 2.45) is 0 Å². The van der Waals surface area contributed by atoms with Crippen molar-refractivity contribution in [2.45, 2.75) is 18.0 Å². The van der Waals surface area contributed by atoms with Crippen molar-refractivity contribution in [3.05, 3.63) is 84.7 Å². The molecule has 170 valence electrons. The summed E-state index contributed by atoms with van der Waals surface area (Å²) in [7, 11) is -4.45. The van der Waals surface area contributed by atoms with Gasteiger partial charge in [0.15, 0.2) is 0 Å². The van der Waals surface area contributed by atoms with Gasteiger partial charge >= 0.3 is 6.18 Å². The number of halogens is 3. The van der Waals surface area contributed by atoms with Crippen molar-refractivity contribution in [3.63, 3.8) is 0 Å². The number of sulfonamides is 1. The summed E-state index contributed by atoms with van der Waals surface area (Å²) in [6.07, 6.45) is -0.000811. The van der Waals surface area contributed by atoms with Crippen LogP contribution in [0.15, 0.2) is 78.2 Å². The molecule has 0 aliphatic carbocycles. The summed E-state index contributed by atoms with van der Waals surface area (Å²) in [4.78, 5) is 11.7. The van der Waals surface area contributed by atoms with Gasteiger partial charge in [0.1, 0.15) is 23.8 Å². The average Bonchev–Trinajstić information content (AvgIpc) is 3.20. The zero-order chi connectivity index (χ0) is 23.6. The molecule has 0 unspecified atom stereocenters. The number of hydrogen-bond donors (Lipinski definition) is 2. The SMILES string of the molecule is Cc1nccn1-c1cc(Nc2ccc(NS(=O)(=O)c3ccccc3C(F)(F)F)cc2)ncn1. The van der Waals surface area contributed by atoms with E-state index in [2.05, 4.69) is 25.0 Å². The molecule has 2 heterocycles. The van der Waals surface area contributed by atoms with Gasteiger partial charge in [0.05, 0.1) is 10.5 Å². The smallest absolute Gasteiger partial charge is 0.340 e. The first-order valence-corrected chi connectivity index (χ1v) is 11.0. The van der Waals surface area contributed by atoms with E-state index in [0.717, 1.165) is 24.0 Å². The van der Waals surface area contributed by atoms with Gasteiger partial charge in [0, 0.05) is 29.8 Å². The van der Waals surface area contributed by atoms with Crippen molar-refractivity contribution in [1.82, 2.24) is 19.5 Å². The highest BCUT2D eigenvalue weighted by Gasteiger charge is 2.36. The molecule has 4 rings (SSSR count). The fraction of sp³-hybridized carbons (Fsp3) is 0.0952. The normalized spacial score (nSPS) is 11.9. The molecule has 2 N–H and O–H groups in total. The van der Waals surface area contributed by atoms with E-state index in [0.29, 0.717) is 17.3 Å². The molecule has 0 radical (unpaired) electrons. The lowest BCUT2D eigenvalue weighted by Crippen LogP contribution is -2.18. The zero-order valence-corrected chi connectivity index (χ0v) is 17.9. The van der Waals surface area contributed by atoms with Crippen molar-refractivity contribution in [1.29, 1.82) is 0 Å². The highest BCUT2D eigenvalue weighted by molar-refractivity contribution is 7.92. The molecule has 4 aromatic rings. The zero-order valence-electron chi connectivity index (χ0n) is 17.1. The van der Waals surface area contributed by atoms with Crippen LogP contribution < -0.4 is 10.0 Å². The summed E-state index contributed by atoms with van der Waals surface area (Å²) in [6.45, 7) is 1.84. The predicted molar refractivity (Wildman–Crippen MR) is 116 cm³/mol. The number of alkyl halides is 3. The minimum absolute atomic E-state index is 0.106. The molecule has 0 fully saturated rings. The van der Waals surface area contributed by atoms with E-state index >= 15 is 0 Å². The minimum Gasteiger partial charge on any atom is -0.340 e. The third-order valence-electron chi connectivity index (χ3n) is 4.62. The van der Waals surface area contributed by atoms with Gasteiger partial charge in [-0.05, 0) is 43.3 Å². The first-order valence-electron chi connectivity index (χ1n) is 9.52. The quantitative estimate of drug-likeness (QED) is 0.426. The van der Waals surface area contributed by atoms with Gasteiger partial charge in [-0.3, -0.25) is 9.29 Å². The molecule has 0 saturated carbocycles. The molecular weight excluding hydrogens is 457 g/mol. The fourth-order valence-electron chi connectivity index (χ4n) is 3.08. The van der Waals surface area contributed by atoms with Crippen LogP contribution in [0.5, 0.6) is 0 Å². The molecule has 0 amide bonds. The molecule has 2 aromatic heterocycles. The fourth-order valence-corrected chi connectivity index (χ4v) is 4.37. The Balaban J connectivity index is 1.52. The standard InChI is InChI=1S/C21H17F3N6O2S/c1-14-25-10-11-30(14)20-12-19(26-13-27-20)28-15-6-8-16(9-7-15)29-33(31,32)18-5-3-2-4-17(18)21(22,23)24/h2-13,29H,1H3,(H,26,27,28). The van der Waals surface area contributed by atoms with Gasteiger partial charge in [-0.1, -0.05) is 12.1 Å². The second-order valence-electron chi connectivity index (χ2n) is 6.91. The Bertz CT molecular complexity index is 1390. The van der Waals surface area contributed by atoms with Crippen LogP contribution in [0, 0.1) is 6.92 Å².